The van der Waals surface area contributed by atoms with E-state index in [0.717, 1.165) is 22.6 Å². The van der Waals surface area contributed by atoms with Gasteiger partial charge in [0.1, 0.15) is 0 Å². The lowest BCUT2D eigenvalue weighted by atomic mass is 10.2. The zero-order chi connectivity index (χ0) is 20.3. The summed E-state index contributed by atoms with van der Waals surface area (Å²) in [6, 6.07) is 11.2. The molecule has 146 valence electrons. The number of carbonyl (C=O) groups excluding carboxylic acids is 1. The van der Waals surface area contributed by atoms with Crippen LogP contribution in [0.25, 0.3) is 5.69 Å². The van der Waals surface area contributed by atoms with Crippen LogP contribution in [-0.4, -0.2) is 30.4 Å². The molecule has 0 aliphatic rings. The summed E-state index contributed by atoms with van der Waals surface area (Å²) >= 11 is 0. The summed E-state index contributed by atoms with van der Waals surface area (Å²) in [5, 5.41) is 22.1. The molecular weight excluding hydrogens is 360 g/mol. The molecule has 1 aromatic carbocycles. The third-order valence-corrected chi connectivity index (χ3v) is 4.61. The zero-order valence-corrected chi connectivity index (χ0v) is 16.0. The quantitative estimate of drug-likeness (QED) is 0.499. The van der Waals surface area contributed by atoms with Crippen molar-refractivity contribution in [2.45, 2.75) is 40.3 Å². The Kier molecular flexibility index (Phi) is 5.53. The van der Waals surface area contributed by atoms with Crippen molar-refractivity contribution in [1.82, 2.24) is 24.9 Å². The minimum absolute atomic E-state index is 0.149. The van der Waals surface area contributed by atoms with E-state index in [9.17, 15) is 14.9 Å². The maximum Gasteiger partial charge on any atom is 0.390 e. The van der Waals surface area contributed by atoms with Crippen LogP contribution in [0.1, 0.15) is 29.1 Å². The van der Waals surface area contributed by atoms with E-state index in [1.54, 1.807) is 6.92 Å². The largest absolute Gasteiger partial charge is 0.390 e. The summed E-state index contributed by atoms with van der Waals surface area (Å²) < 4.78 is 3.34. The first-order valence-electron chi connectivity index (χ1n) is 8.93. The molecule has 0 saturated carbocycles. The fraction of sp³-hybridized carbons (Fsp3) is 0.316. The number of benzene rings is 1. The smallest absolute Gasteiger partial charge is 0.358 e. The summed E-state index contributed by atoms with van der Waals surface area (Å²) in [6.07, 6.45) is 0.185. The van der Waals surface area contributed by atoms with Gasteiger partial charge in [0, 0.05) is 24.2 Å². The number of para-hydroxylation sites is 1. The first kappa shape index (κ1) is 19.3. The third-order valence-electron chi connectivity index (χ3n) is 4.61. The van der Waals surface area contributed by atoms with Gasteiger partial charge in [-0.2, -0.15) is 9.78 Å². The monoisotopic (exact) mass is 382 g/mol. The van der Waals surface area contributed by atoms with E-state index in [0.29, 0.717) is 12.2 Å². The van der Waals surface area contributed by atoms with Crippen molar-refractivity contribution < 1.29 is 9.72 Å². The Balaban J connectivity index is 1.61. The van der Waals surface area contributed by atoms with Gasteiger partial charge in [0.2, 0.25) is 5.91 Å². The number of nitrogens with one attached hydrogen (secondary N) is 1. The third kappa shape index (κ3) is 4.08. The van der Waals surface area contributed by atoms with Gasteiger partial charge >= 0.3 is 5.82 Å². The number of rotatable bonds is 7. The maximum absolute atomic E-state index is 12.2. The zero-order valence-electron chi connectivity index (χ0n) is 16.0. The van der Waals surface area contributed by atoms with E-state index in [1.165, 1.54) is 10.7 Å². The molecule has 2 heterocycles. The highest BCUT2D eigenvalue weighted by Gasteiger charge is 2.17. The highest BCUT2D eigenvalue weighted by Crippen LogP contribution is 2.17. The molecule has 0 spiro atoms. The fourth-order valence-corrected chi connectivity index (χ4v) is 3.04. The molecule has 28 heavy (non-hydrogen) atoms. The number of amides is 1. The Morgan fingerprint density at radius 2 is 1.89 bits per heavy atom. The first-order chi connectivity index (χ1) is 13.4. The maximum atomic E-state index is 12.2. The van der Waals surface area contributed by atoms with Crippen molar-refractivity contribution in [2.75, 3.05) is 0 Å². The van der Waals surface area contributed by atoms with Gasteiger partial charge < -0.3 is 15.4 Å². The van der Waals surface area contributed by atoms with Gasteiger partial charge in [0.25, 0.3) is 0 Å². The van der Waals surface area contributed by atoms with Gasteiger partial charge in [0.05, 0.1) is 34.8 Å². The standard InChI is InChI=1S/C19H22N6O3/c1-13-11-18(25(27)28)22-23(13)10-9-19(26)20-12-17-14(2)21-24(15(17)3)16-7-5-4-6-8-16/h4-8,11H,9-10,12H2,1-3H3,(H,20,26). The van der Waals surface area contributed by atoms with E-state index < -0.39 is 4.92 Å². The highest BCUT2D eigenvalue weighted by atomic mass is 16.6. The molecule has 9 nitrogen and oxygen atoms in total. The van der Waals surface area contributed by atoms with Crippen molar-refractivity contribution in [3.63, 3.8) is 0 Å². The minimum atomic E-state index is -0.542. The van der Waals surface area contributed by atoms with Crippen LogP contribution in [-0.2, 0) is 17.9 Å². The molecule has 2 aromatic heterocycles. The number of carbonyl (C=O) groups is 1. The predicted molar refractivity (Wildman–Crippen MR) is 103 cm³/mol. The van der Waals surface area contributed by atoms with Gasteiger partial charge in [-0.25, -0.2) is 4.68 Å². The summed E-state index contributed by atoms with van der Waals surface area (Å²) in [4.78, 5) is 22.5. The minimum Gasteiger partial charge on any atom is -0.358 e. The van der Waals surface area contributed by atoms with Crippen LogP contribution < -0.4 is 5.32 Å². The lowest BCUT2D eigenvalue weighted by molar-refractivity contribution is -0.389. The van der Waals surface area contributed by atoms with Crippen LogP contribution in [0.3, 0.4) is 0 Å². The number of hydrogen-bond donors (Lipinski definition) is 1. The number of hydrogen-bond acceptors (Lipinski definition) is 5. The van der Waals surface area contributed by atoms with E-state index in [4.69, 9.17) is 0 Å². The SMILES string of the molecule is Cc1nn(-c2ccccc2)c(C)c1CNC(=O)CCn1nc([N+](=O)[O-])cc1C. The Labute approximate surface area is 162 Å². The Bertz CT molecular complexity index is 1010. The van der Waals surface area contributed by atoms with Crippen LogP contribution in [0.4, 0.5) is 5.82 Å². The van der Waals surface area contributed by atoms with Crippen LogP contribution in [0.2, 0.25) is 0 Å². The number of nitro groups is 1. The molecule has 0 bridgehead atoms. The molecular formula is C19H22N6O3. The molecule has 0 saturated heterocycles. The van der Waals surface area contributed by atoms with Gasteiger partial charge in [-0.1, -0.05) is 18.2 Å². The van der Waals surface area contributed by atoms with E-state index >= 15 is 0 Å². The number of aromatic nitrogens is 4. The molecule has 0 aliphatic heterocycles. The lowest BCUT2D eigenvalue weighted by Crippen LogP contribution is -2.24. The molecule has 1 amide bonds. The van der Waals surface area contributed by atoms with Crippen molar-refractivity contribution in [1.29, 1.82) is 0 Å². The van der Waals surface area contributed by atoms with Gasteiger partial charge in [-0.15, -0.1) is 0 Å². The molecule has 0 aliphatic carbocycles. The Morgan fingerprint density at radius 1 is 1.18 bits per heavy atom. The van der Waals surface area contributed by atoms with Crippen LogP contribution >= 0.6 is 0 Å². The summed E-state index contributed by atoms with van der Waals surface area (Å²) in [5.41, 5.74) is 4.43. The molecule has 9 heteroatoms. The van der Waals surface area contributed by atoms with Gasteiger partial charge in [-0.05, 0) is 37.8 Å². The fourth-order valence-electron chi connectivity index (χ4n) is 3.04. The van der Waals surface area contributed by atoms with Gasteiger partial charge in [0.15, 0.2) is 0 Å². The molecule has 0 fully saturated rings. The molecule has 0 unspecified atom stereocenters. The second-order valence-corrected chi connectivity index (χ2v) is 6.55. The van der Waals surface area contributed by atoms with Crippen molar-refractivity contribution in [3.8, 4) is 5.69 Å². The van der Waals surface area contributed by atoms with Crippen LogP contribution in [0.5, 0.6) is 0 Å². The Hall–Kier alpha value is -3.49. The van der Waals surface area contributed by atoms with Crippen LogP contribution in [0.15, 0.2) is 36.4 Å². The average molecular weight is 382 g/mol. The summed E-state index contributed by atoms with van der Waals surface area (Å²) in [6.45, 7) is 6.28. The first-order valence-corrected chi connectivity index (χ1v) is 8.93. The number of nitrogens with zero attached hydrogens (tertiary/aromatic N) is 5. The van der Waals surface area contributed by atoms with E-state index in [2.05, 4.69) is 15.5 Å². The highest BCUT2D eigenvalue weighted by molar-refractivity contribution is 5.75. The van der Waals surface area contributed by atoms with Crippen LogP contribution in [0, 0.1) is 30.9 Å². The average Bonchev–Trinajstić information content (AvgIpc) is 3.19. The normalized spacial score (nSPS) is 10.8. The molecule has 1 N–H and O–H groups in total. The molecule has 0 atom stereocenters. The van der Waals surface area contributed by atoms with E-state index in [1.807, 2.05) is 48.9 Å². The number of aryl methyl sites for hydroxylation is 3. The summed E-state index contributed by atoms with van der Waals surface area (Å²) in [5.74, 6) is -0.360. The Morgan fingerprint density at radius 3 is 2.54 bits per heavy atom. The lowest BCUT2D eigenvalue weighted by Gasteiger charge is -2.07. The van der Waals surface area contributed by atoms with E-state index in [-0.39, 0.29) is 24.7 Å². The summed E-state index contributed by atoms with van der Waals surface area (Å²) in [7, 11) is 0. The van der Waals surface area contributed by atoms with Crippen molar-refractivity contribution in [2.24, 2.45) is 0 Å². The predicted octanol–water partition coefficient (Wildman–Crippen LogP) is 2.61. The molecule has 3 rings (SSSR count). The second-order valence-electron chi connectivity index (χ2n) is 6.55. The topological polar surface area (TPSA) is 108 Å². The van der Waals surface area contributed by atoms with Crippen molar-refractivity contribution >= 4 is 11.7 Å². The van der Waals surface area contributed by atoms with Gasteiger partial charge in [-0.3, -0.25) is 4.79 Å². The second kappa shape index (κ2) is 8.03. The van der Waals surface area contributed by atoms with Crippen molar-refractivity contribution in [3.05, 3.63) is 69.2 Å². The molecule has 3 aromatic rings. The molecule has 0 radical (unpaired) electrons.